The van der Waals surface area contributed by atoms with Gasteiger partial charge in [0.25, 0.3) is 0 Å². The van der Waals surface area contributed by atoms with E-state index >= 15 is 0 Å². The Morgan fingerprint density at radius 1 is 1.31 bits per heavy atom. The van der Waals surface area contributed by atoms with Gasteiger partial charge in [0, 0.05) is 0 Å². The maximum atomic E-state index is 12.2. The number of benzene rings is 1. The Kier molecular flexibility index (Phi) is 2.94. The van der Waals surface area contributed by atoms with Crippen molar-refractivity contribution in [3.05, 3.63) is 23.8 Å². The van der Waals surface area contributed by atoms with Gasteiger partial charge >= 0.3 is 82.7 Å². The summed E-state index contributed by atoms with van der Waals surface area (Å²) in [7, 11) is 1.43. The minimum absolute atomic E-state index is 0.466. The first kappa shape index (κ1) is 10.5. The summed E-state index contributed by atoms with van der Waals surface area (Å²) in [5, 5.41) is 0. The molecule has 66 valence electrons. The van der Waals surface area contributed by atoms with Crippen molar-refractivity contribution in [2.75, 3.05) is 7.11 Å². The minimum atomic E-state index is -4.28. The molecule has 13 heavy (non-hydrogen) atoms. The molecule has 0 heterocycles. The molecule has 0 amide bonds. The summed E-state index contributed by atoms with van der Waals surface area (Å²) in [5.74, 6) is 0.466. The maximum absolute atomic E-state index is 12.2. The van der Waals surface area contributed by atoms with Gasteiger partial charge in [-0.3, -0.25) is 0 Å². The van der Waals surface area contributed by atoms with Crippen LogP contribution in [-0.4, -0.2) is 24.8 Å². The van der Waals surface area contributed by atoms with Crippen LogP contribution in [0.15, 0.2) is 18.2 Å². The topological polar surface area (TPSA) is 9.23 Å². The van der Waals surface area contributed by atoms with Crippen molar-refractivity contribution >= 4 is 22.0 Å². The molecule has 0 radical (unpaired) electrons. The van der Waals surface area contributed by atoms with Crippen LogP contribution >= 0.6 is 0 Å². The second-order valence-corrected chi connectivity index (χ2v) is 2.68. The van der Waals surface area contributed by atoms with Crippen LogP contribution in [0, 0.1) is 0 Å². The molecule has 1 nitrogen and oxygen atoms in total. The van der Waals surface area contributed by atoms with E-state index in [0.717, 1.165) is 12.1 Å². The summed E-state index contributed by atoms with van der Waals surface area (Å²) in [6, 6.07) is 3.39. The molecule has 1 aromatic rings. The van der Waals surface area contributed by atoms with Gasteiger partial charge in [-0.15, -0.1) is 0 Å². The fraction of sp³-hybridized carbons (Fsp3) is 0.250. The standard InChI is InChI=1S/C8H6F3O.Li/c1-12-7-4-2-6(3-5-7)8(9,10)11;/h2-4H,1H3;. The van der Waals surface area contributed by atoms with Crippen molar-refractivity contribution in [2.45, 2.75) is 6.18 Å². The quantitative estimate of drug-likeness (QED) is 0.598. The van der Waals surface area contributed by atoms with Gasteiger partial charge in [-0.25, -0.2) is 0 Å². The molecule has 0 fully saturated rings. The van der Waals surface area contributed by atoms with Crippen LogP contribution in [0.4, 0.5) is 13.2 Å². The van der Waals surface area contributed by atoms with Crippen LogP contribution in [-0.2, 0) is 6.18 Å². The van der Waals surface area contributed by atoms with Crippen molar-refractivity contribution in [3.8, 4) is 5.75 Å². The van der Waals surface area contributed by atoms with Crippen LogP contribution in [0.3, 0.4) is 0 Å². The summed E-state index contributed by atoms with van der Waals surface area (Å²) in [4.78, 5) is 0. The van der Waals surface area contributed by atoms with Crippen molar-refractivity contribution < 1.29 is 17.9 Å². The molecule has 0 atom stereocenters. The van der Waals surface area contributed by atoms with Gasteiger partial charge < -0.3 is 0 Å². The van der Waals surface area contributed by atoms with E-state index in [0.29, 0.717) is 9.99 Å². The van der Waals surface area contributed by atoms with Gasteiger partial charge in [0.15, 0.2) is 0 Å². The monoisotopic (exact) mass is 182 g/mol. The third-order valence-corrected chi connectivity index (χ3v) is 1.72. The van der Waals surface area contributed by atoms with E-state index < -0.39 is 11.7 Å². The molecule has 0 aliphatic heterocycles. The first-order valence-electron chi connectivity index (χ1n) is 3.67. The molecule has 0 saturated heterocycles. The van der Waals surface area contributed by atoms with Crippen LogP contribution in [0.2, 0.25) is 0 Å². The molecule has 0 bridgehead atoms. The molecule has 1 rings (SSSR count). The summed E-state index contributed by atoms with van der Waals surface area (Å²) in [6.07, 6.45) is -4.28. The Labute approximate surface area is 83.1 Å². The molecule has 0 spiro atoms. The first-order chi connectivity index (χ1) is 5.95. The second-order valence-electron chi connectivity index (χ2n) is 2.68. The SMILES string of the molecule is [Li][c]1cc(C(F)(F)F)ccc1OC. The summed E-state index contributed by atoms with van der Waals surface area (Å²) in [5.41, 5.74) is -0.647. The third-order valence-electron chi connectivity index (χ3n) is 1.72. The van der Waals surface area contributed by atoms with Gasteiger partial charge in [-0.05, 0) is 0 Å². The molecule has 0 aromatic heterocycles. The van der Waals surface area contributed by atoms with Gasteiger partial charge in [0.1, 0.15) is 0 Å². The van der Waals surface area contributed by atoms with Crippen molar-refractivity contribution in [1.82, 2.24) is 0 Å². The zero-order chi connectivity index (χ0) is 10.1. The van der Waals surface area contributed by atoms with E-state index in [-0.39, 0.29) is 0 Å². The van der Waals surface area contributed by atoms with Crippen LogP contribution in [0.1, 0.15) is 5.56 Å². The number of alkyl halides is 3. The summed E-state index contributed by atoms with van der Waals surface area (Å²) >= 11 is 1.58. The molecule has 0 saturated carbocycles. The fourth-order valence-corrected chi connectivity index (χ4v) is 1.05. The normalized spacial score (nSPS) is 11.5. The molecule has 5 heteroatoms. The van der Waals surface area contributed by atoms with Crippen LogP contribution < -0.4 is 8.97 Å². The molecule has 0 aliphatic carbocycles. The zero-order valence-corrected chi connectivity index (χ0v) is 7.27. The second kappa shape index (κ2) is 3.65. The van der Waals surface area contributed by atoms with E-state index in [2.05, 4.69) is 0 Å². The van der Waals surface area contributed by atoms with Gasteiger partial charge in [-0.1, -0.05) is 0 Å². The van der Waals surface area contributed by atoms with Gasteiger partial charge in [0.2, 0.25) is 0 Å². The summed E-state index contributed by atoms with van der Waals surface area (Å²) in [6.45, 7) is 0. The predicted molar refractivity (Wildman–Crippen MR) is 43.4 cm³/mol. The van der Waals surface area contributed by atoms with Crippen molar-refractivity contribution in [3.63, 3.8) is 0 Å². The number of halogens is 3. The zero-order valence-electron chi connectivity index (χ0n) is 7.27. The molecule has 0 aliphatic rings. The molecule has 0 unspecified atom stereocenters. The Hall–Kier alpha value is -0.593. The Bertz CT molecular complexity index is 309. The van der Waals surface area contributed by atoms with E-state index in [4.69, 9.17) is 4.74 Å². The first-order valence-corrected chi connectivity index (χ1v) is 3.67. The Balaban J connectivity index is 3.10. The Morgan fingerprint density at radius 2 is 1.92 bits per heavy atom. The van der Waals surface area contributed by atoms with Gasteiger partial charge in [0.05, 0.1) is 0 Å². The van der Waals surface area contributed by atoms with E-state index in [1.54, 1.807) is 17.7 Å². The van der Waals surface area contributed by atoms with Gasteiger partial charge in [-0.2, -0.15) is 0 Å². The van der Waals surface area contributed by atoms with Crippen molar-refractivity contribution in [1.29, 1.82) is 0 Å². The number of rotatable bonds is 1. The average Bonchev–Trinajstić information content (AvgIpc) is 2.02. The molecular formula is C8H6F3LiO. The number of methoxy groups -OCH3 is 1. The van der Waals surface area contributed by atoms with E-state index in [9.17, 15) is 13.2 Å². The average molecular weight is 182 g/mol. The number of hydrogen-bond acceptors (Lipinski definition) is 1. The molecule has 1 aromatic carbocycles. The van der Waals surface area contributed by atoms with Crippen molar-refractivity contribution in [2.24, 2.45) is 0 Å². The van der Waals surface area contributed by atoms with Crippen LogP contribution in [0.5, 0.6) is 5.75 Å². The summed E-state index contributed by atoms with van der Waals surface area (Å²) < 4.78 is 41.8. The van der Waals surface area contributed by atoms with E-state index in [1.165, 1.54) is 13.2 Å². The number of ether oxygens (including phenoxy) is 1. The molecule has 0 N–H and O–H groups in total. The predicted octanol–water partition coefficient (Wildman–Crippen LogP) is 1.51. The third kappa shape index (κ3) is 2.42. The van der Waals surface area contributed by atoms with Crippen LogP contribution in [0.25, 0.3) is 0 Å². The fourth-order valence-electron chi connectivity index (χ4n) is 1.05. The Morgan fingerprint density at radius 3 is 2.31 bits per heavy atom. The molecular weight excluding hydrogens is 176 g/mol. The van der Waals surface area contributed by atoms with E-state index in [1.807, 2.05) is 0 Å². The number of hydrogen-bond donors (Lipinski definition) is 0.